The Bertz CT molecular complexity index is 2000. The quantitative estimate of drug-likeness (QED) is 0.0584. The molecule has 0 fully saturated rings. The molecule has 4 atom stereocenters. The molecule has 0 unspecified atom stereocenters. The maximum atomic E-state index is 14.6. The fourth-order valence-electron chi connectivity index (χ4n) is 8.51. The number of rotatable bonds is 31. The maximum absolute atomic E-state index is 14.6. The molecule has 0 saturated carbocycles. The van der Waals surface area contributed by atoms with Crippen LogP contribution in [0.4, 0.5) is 0 Å². The van der Waals surface area contributed by atoms with Crippen molar-refractivity contribution in [3.63, 3.8) is 0 Å². The fraction of sp³-hybridized carbons (Fsp3) is 0.615. The number of carbonyl (C=O) groups is 7. The summed E-state index contributed by atoms with van der Waals surface area (Å²) in [4.78, 5) is 96.0. The van der Waals surface area contributed by atoms with E-state index >= 15 is 0 Å². The highest BCUT2D eigenvalue weighted by atomic mass is 16.5. The Morgan fingerprint density at radius 2 is 1.31 bits per heavy atom. The lowest BCUT2D eigenvalue weighted by Crippen LogP contribution is -2.46. The Kier molecular flexibility index (Phi) is 25.8. The first-order valence-corrected chi connectivity index (χ1v) is 24.5. The van der Waals surface area contributed by atoms with E-state index in [2.05, 4.69) is 12.2 Å². The van der Waals surface area contributed by atoms with E-state index in [9.17, 15) is 38.8 Å². The Labute approximate surface area is 397 Å². The molecule has 1 heterocycles. The van der Waals surface area contributed by atoms with Crippen LogP contribution in [0.2, 0.25) is 0 Å². The highest BCUT2D eigenvalue weighted by molar-refractivity contribution is 5.96. The van der Waals surface area contributed by atoms with Gasteiger partial charge in [-0.15, -0.1) is 0 Å². The molecule has 0 aliphatic carbocycles. The van der Waals surface area contributed by atoms with Gasteiger partial charge in [0.1, 0.15) is 48.1 Å². The SMILES string of the molecule is CCCCCCCCCC(=O)CCCC(=O)CCCC(=O)C[C@@H](CCN)C(=O)N(C)[C@@H]1C(=O)C[C@@H](C)C(=O)N[C@H](C(=O)CCC#N)Cc2ccc(OCCN)c(c2)-c2cc1ccc2OCCN. The number of Topliss-reactive ketones (excluding diaryl/α,β-unsaturated/α-hetero) is 5. The van der Waals surface area contributed by atoms with Gasteiger partial charge in [0.2, 0.25) is 11.8 Å². The molecular formula is C52H76N6O9. The van der Waals surface area contributed by atoms with Gasteiger partial charge in [0.05, 0.1) is 12.1 Å². The van der Waals surface area contributed by atoms with Gasteiger partial charge >= 0.3 is 0 Å². The van der Waals surface area contributed by atoms with Gasteiger partial charge in [0.25, 0.3) is 0 Å². The third-order valence-electron chi connectivity index (χ3n) is 12.2. The van der Waals surface area contributed by atoms with Gasteiger partial charge in [-0.1, -0.05) is 64.5 Å². The Balaban J connectivity index is 1.86. The summed E-state index contributed by atoms with van der Waals surface area (Å²) in [5.41, 5.74) is 19.8. The molecule has 2 amide bonds. The third kappa shape index (κ3) is 19.1. The number of hydrogen-bond acceptors (Lipinski definition) is 13. The summed E-state index contributed by atoms with van der Waals surface area (Å²) in [7, 11) is 1.49. The van der Waals surface area contributed by atoms with Crippen molar-refractivity contribution < 1.29 is 43.0 Å². The summed E-state index contributed by atoms with van der Waals surface area (Å²) in [6, 6.07) is 10.2. The number of ketones is 5. The van der Waals surface area contributed by atoms with E-state index in [4.69, 9.17) is 26.7 Å². The minimum atomic E-state index is -1.23. The molecule has 67 heavy (non-hydrogen) atoms. The molecule has 2 aromatic carbocycles. The second kappa shape index (κ2) is 30.9. The second-order valence-electron chi connectivity index (χ2n) is 17.8. The number of amides is 2. The van der Waals surface area contributed by atoms with Crippen molar-refractivity contribution in [2.45, 2.75) is 154 Å². The topological polar surface area (TPSA) is 255 Å². The van der Waals surface area contributed by atoms with E-state index in [1.165, 1.54) is 37.6 Å². The average molecular weight is 929 g/mol. The van der Waals surface area contributed by atoms with E-state index in [0.29, 0.717) is 59.4 Å². The molecule has 2 aromatic rings. The van der Waals surface area contributed by atoms with E-state index in [1.807, 2.05) is 12.1 Å². The van der Waals surface area contributed by atoms with Crippen LogP contribution in [-0.2, 0) is 40.0 Å². The van der Waals surface area contributed by atoms with Crippen LogP contribution in [0, 0.1) is 23.2 Å². The number of fused-ring (bicyclic) bond motifs is 5. The standard InChI is InChI=1S/C52H76N6O9/c1-4-5-6-7-8-9-10-14-40(59)15-11-16-41(60)17-12-18-42(61)34-39(24-26-54)52(65)58(3)50-38-21-23-49(67-30-28-56)44(35-38)43-32-37(20-22-48(43)66-29-27-55)33-45(46(62)19-13-25-53)57-51(64)36(2)31-47(50)63/h20-23,32,35-36,39,45,50H,4-19,24,26-31,33-34,54-56H2,1-3H3,(H,57,64)/t36-,39-,45+,50+/m1/s1. The van der Waals surface area contributed by atoms with Crippen LogP contribution in [0.1, 0.15) is 153 Å². The predicted octanol–water partition coefficient (Wildman–Crippen LogP) is 6.58. The normalized spacial score (nSPS) is 16.5. The van der Waals surface area contributed by atoms with Crippen molar-refractivity contribution in [1.29, 1.82) is 5.26 Å². The van der Waals surface area contributed by atoms with Crippen LogP contribution in [0.25, 0.3) is 11.1 Å². The number of unbranched alkanes of at least 4 members (excludes halogenated alkanes) is 6. The molecule has 4 bridgehead atoms. The second-order valence-corrected chi connectivity index (χ2v) is 17.8. The van der Waals surface area contributed by atoms with Gasteiger partial charge in [-0.25, -0.2) is 0 Å². The van der Waals surface area contributed by atoms with Gasteiger partial charge in [-0.05, 0) is 74.0 Å². The first-order chi connectivity index (χ1) is 32.3. The molecule has 3 rings (SSSR count). The van der Waals surface area contributed by atoms with Crippen molar-refractivity contribution in [1.82, 2.24) is 10.2 Å². The summed E-state index contributed by atoms with van der Waals surface area (Å²) < 4.78 is 12.2. The predicted molar refractivity (Wildman–Crippen MR) is 258 cm³/mol. The minimum Gasteiger partial charge on any atom is -0.492 e. The van der Waals surface area contributed by atoms with E-state index in [1.54, 1.807) is 37.3 Å². The number of nitrogens with two attached hydrogens (primary N) is 3. The Hall–Kier alpha value is -5.30. The smallest absolute Gasteiger partial charge is 0.226 e. The van der Waals surface area contributed by atoms with Crippen molar-refractivity contribution >= 4 is 40.7 Å². The first kappa shape index (κ1) is 56.0. The molecule has 0 radical (unpaired) electrons. The molecule has 0 aromatic heterocycles. The number of nitrogens with zero attached hydrogens (tertiary/aromatic N) is 2. The molecule has 15 nitrogen and oxygen atoms in total. The number of nitriles is 1. The Morgan fingerprint density at radius 3 is 1.91 bits per heavy atom. The van der Waals surface area contributed by atoms with Crippen molar-refractivity contribution in [3.8, 4) is 28.7 Å². The monoisotopic (exact) mass is 929 g/mol. The molecule has 0 spiro atoms. The number of carbonyl (C=O) groups excluding carboxylic acids is 7. The van der Waals surface area contributed by atoms with Crippen LogP contribution in [0.5, 0.6) is 11.5 Å². The van der Waals surface area contributed by atoms with Crippen molar-refractivity contribution in [2.75, 3.05) is 39.9 Å². The lowest BCUT2D eigenvalue weighted by atomic mass is 9.88. The first-order valence-electron chi connectivity index (χ1n) is 24.5. The van der Waals surface area contributed by atoms with Gasteiger partial charge in [0.15, 0.2) is 11.6 Å². The number of hydrogen-bond donors (Lipinski definition) is 4. The molecular weight excluding hydrogens is 853 g/mol. The van der Waals surface area contributed by atoms with Gasteiger partial charge in [-0.3, -0.25) is 33.6 Å². The fourth-order valence-corrected chi connectivity index (χ4v) is 8.51. The van der Waals surface area contributed by atoms with Crippen molar-refractivity contribution in [2.24, 2.45) is 29.0 Å². The lowest BCUT2D eigenvalue weighted by Gasteiger charge is -2.32. The van der Waals surface area contributed by atoms with E-state index in [-0.39, 0.29) is 114 Å². The summed E-state index contributed by atoms with van der Waals surface area (Å²) in [5, 5.41) is 12.0. The summed E-state index contributed by atoms with van der Waals surface area (Å²) >= 11 is 0. The van der Waals surface area contributed by atoms with E-state index in [0.717, 1.165) is 19.3 Å². The molecule has 1 aliphatic heterocycles. The van der Waals surface area contributed by atoms with Crippen LogP contribution < -0.4 is 32.0 Å². The number of likely N-dealkylation sites (N-methyl/N-ethyl adjacent to an activating group) is 1. The minimum absolute atomic E-state index is 0.00850. The molecule has 0 saturated heterocycles. The van der Waals surface area contributed by atoms with Gasteiger partial charge in [-0.2, -0.15) is 5.26 Å². The van der Waals surface area contributed by atoms with Crippen LogP contribution >= 0.6 is 0 Å². The number of nitrogens with one attached hydrogen (secondary N) is 1. The van der Waals surface area contributed by atoms with Crippen LogP contribution in [0.15, 0.2) is 36.4 Å². The van der Waals surface area contributed by atoms with Gasteiger partial charge < -0.3 is 36.9 Å². The maximum Gasteiger partial charge on any atom is 0.226 e. The zero-order valence-electron chi connectivity index (χ0n) is 40.3. The zero-order chi connectivity index (χ0) is 49.1. The summed E-state index contributed by atoms with van der Waals surface area (Å²) in [6.45, 7) is 4.61. The zero-order valence-corrected chi connectivity index (χ0v) is 40.3. The summed E-state index contributed by atoms with van der Waals surface area (Å²) in [5.74, 6) is -2.82. The Morgan fingerprint density at radius 1 is 0.746 bits per heavy atom. The average Bonchev–Trinajstić information content (AvgIpc) is 3.31. The highest BCUT2D eigenvalue weighted by Gasteiger charge is 2.36. The van der Waals surface area contributed by atoms with E-state index < -0.39 is 41.5 Å². The summed E-state index contributed by atoms with van der Waals surface area (Å²) in [6.07, 6.45) is 9.96. The highest BCUT2D eigenvalue weighted by Crippen LogP contribution is 2.41. The molecule has 1 aliphatic rings. The van der Waals surface area contributed by atoms with Gasteiger partial charge in [0, 0.05) is 101 Å². The number of benzene rings is 2. The molecule has 15 heteroatoms. The largest absolute Gasteiger partial charge is 0.492 e. The van der Waals surface area contributed by atoms with Crippen LogP contribution in [0.3, 0.4) is 0 Å². The number of ether oxygens (including phenoxy) is 2. The van der Waals surface area contributed by atoms with Crippen molar-refractivity contribution in [3.05, 3.63) is 47.5 Å². The molecule has 368 valence electrons. The molecule has 7 N–H and O–H groups in total. The van der Waals surface area contributed by atoms with Crippen LogP contribution in [-0.4, -0.2) is 91.6 Å². The lowest BCUT2D eigenvalue weighted by molar-refractivity contribution is -0.143. The third-order valence-corrected chi connectivity index (χ3v) is 12.2.